The van der Waals surface area contributed by atoms with Crippen LogP contribution in [0.4, 0.5) is 17.1 Å². The van der Waals surface area contributed by atoms with E-state index in [2.05, 4.69) is 21.0 Å². The van der Waals surface area contributed by atoms with Gasteiger partial charge in [0, 0.05) is 16.9 Å². The number of rotatable bonds is 2. The van der Waals surface area contributed by atoms with Crippen LogP contribution in [0.15, 0.2) is 52.8 Å². The van der Waals surface area contributed by atoms with Crippen LogP contribution in [0.25, 0.3) is 0 Å². The van der Waals surface area contributed by atoms with Crippen LogP contribution in [-0.4, -0.2) is 22.9 Å². The minimum absolute atomic E-state index is 0.213. The quantitative estimate of drug-likeness (QED) is 0.451. The summed E-state index contributed by atoms with van der Waals surface area (Å²) in [6.45, 7) is 0. The van der Waals surface area contributed by atoms with Crippen molar-refractivity contribution in [2.24, 2.45) is 10.3 Å². The zero-order valence-corrected chi connectivity index (χ0v) is 11.9. The molecule has 7 nitrogen and oxygen atoms in total. The molecule has 0 spiro atoms. The van der Waals surface area contributed by atoms with Crippen LogP contribution in [-0.2, 0) is 4.79 Å². The lowest BCUT2D eigenvalue weighted by Crippen LogP contribution is -2.34. The number of carbonyl (C=O) groups is 1. The third-order valence-corrected chi connectivity index (χ3v) is 4.27. The highest BCUT2D eigenvalue weighted by Crippen LogP contribution is 2.41. The Bertz CT molecular complexity index is 862. The minimum atomic E-state index is -0.606. The summed E-state index contributed by atoms with van der Waals surface area (Å²) in [4.78, 5) is 23.2. The van der Waals surface area contributed by atoms with Gasteiger partial charge in [0.1, 0.15) is 11.4 Å². The molecule has 2 aliphatic rings. The third kappa shape index (κ3) is 1.90. The molecular formula is C16H12N4O3. The first-order valence-electron chi connectivity index (χ1n) is 7.09. The van der Waals surface area contributed by atoms with Crippen molar-refractivity contribution in [2.75, 3.05) is 10.6 Å². The van der Waals surface area contributed by atoms with Gasteiger partial charge in [0.05, 0.1) is 12.0 Å². The van der Waals surface area contributed by atoms with Crippen LogP contribution in [0.2, 0.25) is 0 Å². The second-order valence-corrected chi connectivity index (χ2v) is 5.48. The van der Waals surface area contributed by atoms with Crippen molar-refractivity contribution in [3.8, 4) is 0 Å². The number of anilines is 2. The van der Waals surface area contributed by atoms with Gasteiger partial charge in [0.15, 0.2) is 0 Å². The highest BCUT2D eigenvalue weighted by Gasteiger charge is 2.43. The summed E-state index contributed by atoms with van der Waals surface area (Å²) in [6, 6.07) is 11.7. The molecule has 2 heterocycles. The van der Waals surface area contributed by atoms with Crippen molar-refractivity contribution in [3.05, 3.63) is 58.5 Å². The third-order valence-electron chi connectivity index (χ3n) is 4.27. The standard InChI is InChI=1S/C16H12N4O3/c21-16-13(10-7-8(19-22)5-6-12(10)18-16)15-14(20-23)9-3-1-2-4-11(9)17-15/h1-7,13,15,17,23H,(H,18,21)/b20-14+. The lowest BCUT2D eigenvalue weighted by atomic mass is 9.89. The highest BCUT2D eigenvalue weighted by atomic mass is 16.4. The molecule has 0 radical (unpaired) electrons. The molecular weight excluding hydrogens is 296 g/mol. The van der Waals surface area contributed by atoms with Gasteiger partial charge in [0.25, 0.3) is 0 Å². The van der Waals surface area contributed by atoms with E-state index in [1.807, 2.05) is 24.3 Å². The maximum absolute atomic E-state index is 12.4. The van der Waals surface area contributed by atoms with E-state index < -0.39 is 12.0 Å². The van der Waals surface area contributed by atoms with E-state index in [9.17, 15) is 14.9 Å². The molecule has 2 unspecified atom stereocenters. The number of nitroso groups, excluding NO2 is 1. The molecule has 2 aliphatic heterocycles. The van der Waals surface area contributed by atoms with Gasteiger partial charge in [0.2, 0.25) is 5.91 Å². The van der Waals surface area contributed by atoms with Crippen LogP contribution >= 0.6 is 0 Å². The van der Waals surface area contributed by atoms with Crippen LogP contribution in [0.3, 0.4) is 0 Å². The molecule has 3 N–H and O–H groups in total. The molecule has 0 saturated carbocycles. The van der Waals surface area contributed by atoms with Crippen molar-refractivity contribution in [2.45, 2.75) is 12.0 Å². The molecule has 0 fully saturated rings. The van der Waals surface area contributed by atoms with Crippen LogP contribution in [0, 0.1) is 4.91 Å². The lowest BCUT2D eigenvalue weighted by Gasteiger charge is -2.18. The zero-order chi connectivity index (χ0) is 16.0. The number of fused-ring (bicyclic) bond motifs is 2. The second-order valence-electron chi connectivity index (χ2n) is 5.48. The van der Waals surface area contributed by atoms with Gasteiger partial charge in [-0.05, 0) is 35.0 Å². The fourth-order valence-electron chi connectivity index (χ4n) is 3.25. The molecule has 0 bridgehead atoms. The number of nitrogens with zero attached hydrogens (tertiary/aromatic N) is 2. The van der Waals surface area contributed by atoms with Crippen molar-refractivity contribution in [3.63, 3.8) is 0 Å². The van der Waals surface area contributed by atoms with Crippen molar-refractivity contribution >= 4 is 28.7 Å². The van der Waals surface area contributed by atoms with Crippen molar-refractivity contribution < 1.29 is 10.0 Å². The van der Waals surface area contributed by atoms with Crippen LogP contribution < -0.4 is 10.6 Å². The van der Waals surface area contributed by atoms with E-state index in [0.29, 0.717) is 17.0 Å². The number of hydrogen-bond donors (Lipinski definition) is 3. The lowest BCUT2D eigenvalue weighted by molar-refractivity contribution is -0.117. The first-order valence-corrected chi connectivity index (χ1v) is 7.09. The summed E-state index contributed by atoms with van der Waals surface area (Å²) in [5.74, 6) is -0.820. The fourth-order valence-corrected chi connectivity index (χ4v) is 3.25. The number of hydrogen-bond acceptors (Lipinski definition) is 6. The molecule has 0 aliphatic carbocycles. The van der Waals surface area contributed by atoms with Gasteiger partial charge in [-0.1, -0.05) is 23.4 Å². The first-order chi connectivity index (χ1) is 11.2. The number of benzene rings is 2. The molecule has 0 saturated heterocycles. The topological polar surface area (TPSA) is 103 Å². The van der Waals surface area contributed by atoms with Gasteiger partial charge >= 0.3 is 0 Å². The Morgan fingerprint density at radius 1 is 1.09 bits per heavy atom. The number of para-hydroxylation sites is 1. The van der Waals surface area contributed by atoms with Crippen LogP contribution in [0.1, 0.15) is 17.0 Å². The molecule has 0 aromatic heterocycles. The van der Waals surface area contributed by atoms with E-state index in [0.717, 1.165) is 11.3 Å². The Labute approximate surface area is 131 Å². The number of amides is 1. The zero-order valence-electron chi connectivity index (χ0n) is 11.9. The molecule has 114 valence electrons. The van der Waals surface area contributed by atoms with Crippen LogP contribution in [0.5, 0.6) is 0 Å². The summed E-state index contributed by atoms with van der Waals surface area (Å²) < 4.78 is 0. The number of oxime groups is 1. The maximum atomic E-state index is 12.4. The summed E-state index contributed by atoms with van der Waals surface area (Å²) in [7, 11) is 0. The largest absolute Gasteiger partial charge is 0.411 e. The van der Waals surface area contributed by atoms with Crippen molar-refractivity contribution in [1.82, 2.24) is 0 Å². The Hall–Kier alpha value is -3.22. The average molecular weight is 308 g/mol. The van der Waals surface area contributed by atoms with Gasteiger partial charge < -0.3 is 15.8 Å². The summed E-state index contributed by atoms with van der Waals surface area (Å²) in [5, 5.41) is 21.8. The normalized spacial score (nSPS) is 23.1. The molecule has 2 atom stereocenters. The van der Waals surface area contributed by atoms with Gasteiger partial charge in [-0.2, -0.15) is 0 Å². The molecule has 4 rings (SSSR count). The SMILES string of the molecule is O=Nc1ccc2c(c1)C(C1Nc3ccccc3/C1=N\O)C(=O)N2. The average Bonchev–Trinajstić information content (AvgIpc) is 3.09. The molecule has 23 heavy (non-hydrogen) atoms. The molecule has 1 amide bonds. The number of carbonyl (C=O) groups excluding carboxylic acids is 1. The monoisotopic (exact) mass is 308 g/mol. The summed E-state index contributed by atoms with van der Waals surface area (Å²) in [6.07, 6.45) is 0. The predicted molar refractivity (Wildman–Crippen MR) is 85.4 cm³/mol. The van der Waals surface area contributed by atoms with E-state index >= 15 is 0 Å². The fraction of sp³-hybridized carbons (Fsp3) is 0.125. The van der Waals surface area contributed by atoms with E-state index in [4.69, 9.17) is 0 Å². The first kappa shape index (κ1) is 13.4. The van der Waals surface area contributed by atoms with Crippen molar-refractivity contribution in [1.29, 1.82) is 0 Å². The Morgan fingerprint density at radius 2 is 1.91 bits per heavy atom. The minimum Gasteiger partial charge on any atom is -0.411 e. The Morgan fingerprint density at radius 3 is 2.70 bits per heavy atom. The highest BCUT2D eigenvalue weighted by molar-refractivity contribution is 6.18. The molecule has 2 aromatic rings. The number of nitrogens with one attached hydrogen (secondary N) is 2. The maximum Gasteiger partial charge on any atom is 0.234 e. The Balaban J connectivity index is 1.81. The van der Waals surface area contributed by atoms with Gasteiger partial charge in [-0.25, -0.2) is 0 Å². The summed E-state index contributed by atoms with van der Waals surface area (Å²) >= 11 is 0. The second kappa shape index (κ2) is 4.91. The molecule has 2 aromatic carbocycles. The van der Waals surface area contributed by atoms with E-state index in [-0.39, 0.29) is 11.6 Å². The van der Waals surface area contributed by atoms with Gasteiger partial charge in [-0.15, -0.1) is 4.91 Å². The molecule has 7 heteroatoms. The smallest absolute Gasteiger partial charge is 0.234 e. The predicted octanol–water partition coefficient (Wildman–Crippen LogP) is 2.79. The van der Waals surface area contributed by atoms with E-state index in [1.54, 1.807) is 18.2 Å². The Kier molecular flexibility index (Phi) is 2.87. The van der Waals surface area contributed by atoms with Gasteiger partial charge in [-0.3, -0.25) is 4.79 Å². The van der Waals surface area contributed by atoms with E-state index in [1.165, 1.54) is 0 Å². The summed E-state index contributed by atoms with van der Waals surface area (Å²) in [5.41, 5.74) is 3.52.